The number of hydrogen-bond acceptors (Lipinski definition) is 4. The van der Waals surface area contributed by atoms with Gasteiger partial charge < -0.3 is 9.72 Å². The molecule has 0 bridgehead atoms. The van der Waals surface area contributed by atoms with Crippen LogP contribution in [0.1, 0.15) is 32.2 Å². The summed E-state index contributed by atoms with van der Waals surface area (Å²) in [5.74, 6) is 0.583. The molecular weight excluding hydrogens is 256 g/mol. The fourth-order valence-electron chi connectivity index (χ4n) is 2.26. The van der Waals surface area contributed by atoms with Crippen LogP contribution in [0.4, 0.5) is 0 Å². The van der Waals surface area contributed by atoms with E-state index in [4.69, 9.17) is 4.74 Å². The van der Waals surface area contributed by atoms with Crippen molar-refractivity contribution in [3.63, 3.8) is 0 Å². The molecule has 1 aliphatic carbocycles. The smallest absolute Gasteiger partial charge is 0.309 e. The second kappa shape index (κ2) is 4.74. The lowest BCUT2D eigenvalue weighted by atomic mass is 10.2. The lowest BCUT2D eigenvalue weighted by Gasteiger charge is -2.12. The number of para-hydroxylation sites is 1. The molecule has 0 radical (unpaired) electrons. The number of H-pyrrole nitrogens is 1. The molecule has 1 heterocycles. The van der Waals surface area contributed by atoms with Crippen LogP contribution in [-0.2, 0) is 9.53 Å². The summed E-state index contributed by atoms with van der Waals surface area (Å²) in [6, 6.07) is 7.09. The Morgan fingerprint density at radius 3 is 2.85 bits per heavy atom. The first-order valence-electron chi connectivity index (χ1n) is 6.75. The summed E-state index contributed by atoms with van der Waals surface area (Å²) in [5, 5.41) is 0.533. The molecule has 0 saturated heterocycles. The number of nitrogens with zero attached hydrogens (tertiary/aromatic N) is 1. The summed E-state index contributed by atoms with van der Waals surface area (Å²) in [4.78, 5) is 30.8. The third-order valence-corrected chi connectivity index (χ3v) is 3.72. The SMILES string of the molecule is C[C@H](OC(=O)[C@H]1C[C@@H]1C)c1nc2ccccc2c(=O)[nH]1. The van der Waals surface area contributed by atoms with Crippen molar-refractivity contribution in [2.75, 3.05) is 0 Å². The predicted octanol–water partition coefficient (Wildman–Crippen LogP) is 2.18. The van der Waals surface area contributed by atoms with E-state index in [1.54, 1.807) is 25.1 Å². The van der Waals surface area contributed by atoms with E-state index in [1.165, 1.54) is 0 Å². The first kappa shape index (κ1) is 12.8. The van der Waals surface area contributed by atoms with Gasteiger partial charge in [0.25, 0.3) is 5.56 Å². The Morgan fingerprint density at radius 2 is 2.15 bits per heavy atom. The minimum Gasteiger partial charge on any atom is -0.454 e. The number of carbonyl (C=O) groups excluding carboxylic acids is 1. The highest BCUT2D eigenvalue weighted by Gasteiger charge is 2.41. The number of esters is 1. The normalized spacial score (nSPS) is 22.5. The molecule has 0 amide bonds. The van der Waals surface area contributed by atoms with Crippen LogP contribution in [0.15, 0.2) is 29.1 Å². The molecular formula is C15H16N2O3. The molecule has 0 spiro atoms. The summed E-state index contributed by atoms with van der Waals surface area (Å²) >= 11 is 0. The van der Waals surface area contributed by atoms with Crippen LogP contribution >= 0.6 is 0 Å². The Labute approximate surface area is 116 Å². The molecule has 1 saturated carbocycles. The Kier molecular flexibility index (Phi) is 3.04. The zero-order valence-electron chi connectivity index (χ0n) is 11.4. The van der Waals surface area contributed by atoms with Gasteiger partial charge in [-0.05, 0) is 31.4 Å². The van der Waals surface area contributed by atoms with Crippen LogP contribution in [0.25, 0.3) is 10.9 Å². The van der Waals surface area contributed by atoms with Crippen LogP contribution in [0, 0.1) is 11.8 Å². The maximum atomic E-state index is 12.0. The van der Waals surface area contributed by atoms with Gasteiger partial charge in [-0.3, -0.25) is 9.59 Å². The molecule has 1 aromatic heterocycles. The zero-order valence-corrected chi connectivity index (χ0v) is 11.4. The number of aromatic nitrogens is 2. The summed E-state index contributed by atoms with van der Waals surface area (Å²) in [7, 11) is 0. The van der Waals surface area contributed by atoms with Crippen LogP contribution < -0.4 is 5.56 Å². The molecule has 2 aromatic rings. The molecule has 1 N–H and O–H groups in total. The molecule has 3 atom stereocenters. The standard InChI is InChI=1S/C15H16N2O3/c1-8-7-11(8)15(19)20-9(2)13-16-12-6-4-3-5-10(12)14(18)17-13/h3-6,8-9,11H,7H2,1-2H3,(H,16,17,18)/t8-,9-,11-/m0/s1. The van der Waals surface area contributed by atoms with Crippen molar-refractivity contribution in [3.8, 4) is 0 Å². The Morgan fingerprint density at radius 1 is 1.45 bits per heavy atom. The molecule has 1 fully saturated rings. The van der Waals surface area contributed by atoms with Crippen molar-refractivity contribution in [2.24, 2.45) is 11.8 Å². The summed E-state index contributed by atoms with van der Waals surface area (Å²) < 4.78 is 5.36. The van der Waals surface area contributed by atoms with Gasteiger partial charge >= 0.3 is 5.97 Å². The van der Waals surface area contributed by atoms with Crippen LogP contribution in [0.5, 0.6) is 0 Å². The fourth-order valence-corrected chi connectivity index (χ4v) is 2.26. The maximum absolute atomic E-state index is 12.0. The highest BCUT2D eigenvalue weighted by molar-refractivity contribution is 5.77. The van der Waals surface area contributed by atoms with Gasteiger partial charge in [-0.1, -0.05) is 19.1 Å². The van der Waals surface area contributed by atoms with Crippen LogP contribution in [0.2, 0.25) is 0 Å². The van der Waals surface area contributed by atoms with Crippen molar-refractivity contribution in [1.29, 1.82) is 0 Å². The first-order valence-corrected chi connectivity index (χ1v) is 6.75. The monoisotopic (exact) mass is 272 g/mol. The van der Waals surface area contributed by atoms with Gasteiger partial charge in [0.15, 0.2) is 11.9 Å². The van der Waals surface area contributed by atoms with E-state index in [0.29, 0.717) is 22.6 Å². The maximum Gasteiger partial charge on any atom is 0.309 e. The van der Waals surface area contributed by atoms with Crippen molar-refractivity contribution >= 4 is 16.9 Å². The molecule has 1 aromatic carbocycles. The van der Waals surface area contributed by atoms with E-state index in [0.717, 1.165) is 6.42 Å². The molecule has 0 aliphatic heterocycles. The van der Waals surface area contributed by atoms with E-state index in [9.17, 15) is 9.59 Å². The van der Waals surface area contributed by atoms with Gasteiger partial charge in [0.1, 0.15) is 0 Å². The summed E-state index contributed by atoms with van der Waals surface area (Å²) in [6.07, 6.45) is 0.334. The van der Waals surface area contributed by atoms with E-state index in [1.807, 2.05) is 13.0 Å². The number of hydrogen-bond donors (Lipinski definition) is 1. The minimum atomic E-state index is -0.549. The number of benzene rings is 1. The van der Waals surface area contributed by atoms with Crippen molar-refractivity contribution in [3.05, 3.63) is 40.4 Å². The van der Waals surface area contributed by atoms with Gasteiger partial charge in [0, 0.05) is 0 Å². The average Bonchev–Trinajstić information content (AvgIpc) is 3.16. The quantitative estimate of drug-likeness (QED) is 0.869. The lowest BCUT2D eigenvalue weighted by molar-refractivity contribution is -0.150. The predicted molar refractivity (Wildman–Crippen MR) is 74.1 cm³/mol. The average molecular weight is 272 g/mol. The summed E-state index contributed by atoms with van der Waals surface area (Å²) in [6.45, 7) is 3.74. The second-order valence-electron chi connectivity index (χ2n) is 5.37. The number of nitrogens with one attached hydrogen (secondary N) is 1. The molecule has 5 heteroatoms. The number of rotatable bonds is 3. The Bertz CT molecular complexity index is 722. The van der Waals surface area contributed by atoms with Crippen molar-refractivity contribution < 1.29 is 9.53 Å². The molecule has 104 valence electrons. The number of fused-ring (bicyclic) bond motifs is 1. The molecule has 1 aliphatic rings. The molecule has 3 rings (SSSR count). The van der Waals surface area contributed by atoms with Crippen LogP contribution in [-0.4, -0.2) is 15.9 Å². The molecule has 0 unspecified atom stereocenters. The third kappa shape index (κ3) is 2.31. The van der Waals surface area contributed by atoms with Crippen molar-refractivity contribution in [1.82, 2.24) is 9.97 Å². The van der Waals surface area contributed by atoms with Crippen LogP contribution in [0.3, 0.4) is 0 Å². The van der Waals surface area contributed by atoms with Gasteiger partial charge in [-0.15, -0.1) is 0 Å². The van der Waals surface area contributed by atoms with E-state index < -0.39 is 6.10 Å². The first-order chi connectivity index (χ1) is 9.56. The fraction of sp³-hybridized carbons (Fsp3) is 0.400. The summed E-state index contributed by atoms with van der Waals surface area (Å²) in [5.41, 5.74) is 0.391. The lowest BCUT2D eigenvalue weighted by Crippen LogP contribution is -2.18. The topological polar surface area (TPSA) is 72.0 Å². The Hall–Kier alpha value is -2.17. The third-order valence-electron chi connectivity index (χ3n) is 3.72. The van der Waals surface area contributed by atoms with Gasteiger partial charge in [0.05, 0.1) is 16.8 Å². The van der Waals surface area contributed by atoms with Gasteiger partial charge in [0.2, 0.25) is 0 Å². The number of aromatic amines is 1. The van der Waals surface area contributed by atoms with E-state index in [-0.39, 0.29) is 17.4 Å². The largest absolute Gasteiger partial charge is 0.454 e. The molecule has 5 nitrogen and oxygen atoms in total. The van der Waals surface area contributed by atoms with E-state index in [2.05, 4.69) is 9.97 Å². The molecule has 20 heavy (non-hydrogen) atoms. The second-order valence-corrected chi connectivity index (χ2v) is 5.37. The van der Waals surface area contributed by atoms with Gasteiger partial charge in [-0.2, -0.15) is 0 Å². The number of ether oxygens (including phenoxy) is 1. The Balaban J connectivity index is 1.86. The van der Waals surface area contributed by atoms with E-state index >= 15 is 0 Å². The zero-order chi connectivity index (χ0) is 14.3. The highest BCUT2D eigenvalue weighted by Crippen LogP contribution is 2.39. The minimum absolute atomic E-state index is 0.00429. The highest BCUT2D eigenvalue weighted by atomic mass is 16.5. The number of carbonyl (C=O) groups is 1. The van der Waals surface area contributed by atoms with Gasteiger partial charge in [-0.25, -0.2) is 4.98 Å². The van der Waals surface area contributed by atoms with Crippen molar-refractivity contribution in [2.45, 2.75) is 26.4 Å².